The summed E-state index contributed by atoms with van der Waals surface area (Å²) in [5.74, 6) is 0. The van der Waals surface area contributed by atoms with E-state index in [1.807, 2.05) is 0 Å². The van der Waals surface area contributed by atoms with Crippen LogP contribution in [-0.4, -0.2) is 0 Å². The molecule has 0 spiro atoms. The maximum atomic E-state index is 2.33. The van der Waals surface area contributed by atoms with Gasteiger partial charge in [-0.2, -0.15) is 0 Å². The van der Waals surface area contributed by atoms with Crippen LogP contribution in [0.1, 0.15) is 67.2 Å². The molecule has 0 N–H and O–H groups in total. The van der Waals surface area contributed by atoms with Gasteiger partial charge in [-0.15, -0.1) is 0 Å². The summed E-state index contributed by atoms with van der Waals surface area (Å²) >= 11 is 0. The molecule has 8 aliphatic carbocycles. The summed E-state index contributed by atoms with van der Waals surface area (Å²) in [6.07, 6.45) is 68.1. The molecular formula is C50H50. The van der Waals surface area contributed by atoms with E-state index in [4.69, 9.17) is 0 Å². The van der Waals surface area contributed by atoms with Gasteiger partial charge in [-0.3, -0.25) is 0 Å². The van der Waals surface area contributed by atoms with Crippen molar-refractivity contribution in [1.82, 2.24) is 0 Å². The fourth-order valence-corrected chi connectivity index (χ4v) is 6.69. The minimum atomic E-state index is 1.07. The van der Waals surface area contributed by atoms with Gasteiger partial charge in [-0.1, -0.05) is 176 Å². The number of allylic oxidation sites excluding steroid dienone is 23. The molecular weight excluding hydrogens is 601 g/mol. The van der Waals surface area contributed by atoms with Crippen LogP contribution in [0.5, 0.6) is 0 Å². The molecule has 2 aromatic rings. The predicted molar refractivity (Wildman–Crippen MR) is 220 cm³/mol. The van der Waals surface area contributed by atoms with Crippen LogP contribution in [-0.2, 0) is 19.3 Å². The van der Waals surface area contributed by atoms with Crippen molar-refractivity contribution < 1.29 is 0 Å². The van der Waals surface area contributed by atoms with E-state index in [1.165, 1.54) is 67.1 Å². The van der Waals surface area contributed by atoms with E-state index in [-0.39, 0.29) is 0 Å². The fourth-order valence-electron chi connectivity index (χ4n) is 6.69. The van der Waals surface area contributed by atoms with Crippen molar-refractivity contribution in [2.75, 3.05) is 0 Å². The van der Waals surface area contributed by atoms with E-state index in [0.29, 0.717) is 0 Å². The first kappa shape index (κ1) is 34.7. The molecule has 0 heterocycles. The minimum Gasteiger partial charge on any atom is -0.0844 e. The molecule has 0 saturated carbocycles. The molecule has 0 unspecified atom stereocenters. The topological polar surface area (TPSA) is 0 Å². The molecule has 0 fully saturated rings. The first-order chi connectivity index (χ1) is 24.8. The first-order valence-electron chi connectivity index (χ1n) is 18.5. The number of fused-ring (bicyclic) bond motifs is 5. The molecule has 250 valence electrons. The van der Waals surface area contributed by atoms with Crippen LogP contribution < -0.4 is 20.9 Å². The van der Waals surface area contributed by atoms with E-state index in [9.17, 15) is 0 Å². The molecule has 2 aromatic carbocycles. The van der Waals surface area contributed by atoms with Gasteiger partial charge in [0.2, 0.25) is 0 Å². The summed E-state index contributed by atoms with van der Waals surface area (Å²) in [6.45, 7) is 0. The highest BCUT2D eigenvalue weighted by atomic mass is 14.1. The zero-order valence-electron chi connectivity index (χ0n) is 29.4. The summed E-state index contributed by atoms with van der Waals surface area (Å²) in [4.78, 5) is 0. The van der Waals surface area contributed by atoms with Gasteiger partial charge in [-0.25, -0.2) is 0 Å². The van der Waals surface area contributed by atoms with Crippen LogP contribution in [0.4, 0.5) is 0 Å². The quantitative estimate of drug-likeness (QED) is 0.249. The van der Waals surface area contributed by atoms with Crippen LogP contribution >= 0.6 is 0 Å². The van der Waals surface area contributed by atoms with Gasteiger partial charge in [0.25, 0.3) is 0 Å². The summed E-state index contributed by atoms with van der Waals surface area (Å²) in [6, 6.07) is 9.27. The Hall–Kier alpha value is -5.20. The summed E-state index contributed by atoms with van der Waals surface area (Å²) < 4.78 is 0. The van der Waals surface area contributed by atoms with Gasteiger partial charge < -0.3 is 0 Å². The Kier molecular flexibility index (Phi) is 13.2. The maximum absolute atomic E-state index is 2.33. The monoisotopic (exact) mass is 650 g/mol. The molecule has 0 bridgehead atoms. The molecule has 0 aliphatic heterocycles. The van der Waals surface area contributed by atoms with Crippen molar-refractivity contribution in [2.45, 2.75) is 64.2 Å². The highest BCUT2D eigenvalue weighted by molar-refractivity contribution is 5.60. The standard InChI is InChI=1S/2C14H12.C10H10.2C6H8/c2*1-2-6-12-10-14-8-4-3-7-13(14)9-11(12)5-1;1-2-6-10-8-4-3-7-9(10)5-1;2*1-2-4-6-5-3-1/h1-3,5,7-10H,4,6H2;1-5,8-10H,6-7H2;1-5,8H,6-7H2;1-2,5-6H,3-4H2;1-4H,5-6H2. The van der Waals surface area contributed by atoms with Gasteiger partial charge in [0, 0.05) is 0 Å². The Morgan fingerprint density at radius 2 is 0.760 bits per heavy atom. The van der Waals surface area contributed by atoms with Gasteiger partial charge in [0.15, 0.2) is 0 Å². The van der Waals surface area contributed by atoms with Crippen LogP contribution in [0.3, 0.4) is 0 Å². The lowest BCUT2D eigenvalue weighted by Crippen LogP contribution is -2.21. The Bertz CT molecular complexity index is 2020. The van der Waals surface area contributed by atoms with Crippen molar-refractivity contribution in [3.8, 4) is 0 Å². The van der Waals surface area contributed by atoms with Crippen molar-refractivity contribution in [3.63, 3.8) is 0 Å². The largest absolute Gasteiger partial charge is 0.0844 e. The number of hydrogen-bond donors (Lipinski definition) is 0. The van der Waals surface area contributed by atoms with E-state index in [2.05, 4.69) is 182 Å². The molecule has 10 rings (SSSR count). The first-order valence-corrected chi connectivity index (χ1v) is 18.5. The van der Waals surface area contributed by atoms with Gasteiger partial charge in [0.1, 0.15) is 0 Å². The lowest BCUT2D eigenvalue weighted by atomic mass is 9.92. The summed E-state index contributed by atoms with van der Waals surface area (Å²) in [7, 11) is 0. The Balaban J connectivity index is 0.000000113. The highest BCUT2D eigenvalue weighted by Crippen LogP contribution is 2.25. The molecule has 50 heavy (non-hydrogen) atoms. The summed E-state index contributed by atoms with van der Waals surface area (Å²) in [5.41, 5.74) is 8.71. The SMILES string of the molecule is C1=CCC2=CC=CCC2=C1.C1=CCC=CC1.C1=CCCC=C1.C1=CCc2cc3c(cc2=C1)C=CCC=3.C1=CCc2cc3c(cc2=C1)CC=CC=3. The average molecular weight is 651 g/mol. The molecule has 0 radical (unpaired) electrons. The number of rotatable bonds is 0. The molecule has 0 heteroatoms. The van der Waals surface area contributed by atoms with Crippen LogP contribution in [0.25, 0.3) is 30.4 Å². The van der Waals surface area contributed by atoms with E-state index < -0.39 is 0 Å². The zero-order chi connectivity index (χ0) is 34.1. The normalized spacial score (nSPS) is 18.1. The molecule has 0 nitrogen and oxygen atoms in total. The predicted octanol–water partition coefficient (Wildman–Crippen LogP) is 9.79. The Labute approximate surface area is 299 Å². The third-order valence-corrected chi connectivity index (χ3v) is 9.48. The van der Waals surface area contributed by atoms with Gasteiger partial charge in [0.05, 0.1) is 0 Å². The molecule has 0 aromatic heterocycles. The maximum Gasteiger partial charge on any atom is -0.00882 e. The lowest BCUT2D eigenvalue weighted by molar-refractivity contribution is 1.04. The van der Waals surface area contributed by atoms with E-state index in [1.54, 1.807) is 0 Å². The van der Waals surface area contributed by atoms with Crippen molar-refractivity contribution >= 4 is 30.4 Å². The Morgan fingerprint density at radius 3 is 1.22 bits per heavy atom. The van der Waals surface area contributed by atoms with Crippen LogP contribution in [0, 0.1) is 0 Å². The van der Waals surface area contributed by atoms with Crippen molar-refractivity contribution in [1.29, 1.82) is 0 Å². The number of benzene rings is 2. The van der Waals surface area contributed by atoms with Crippen LogP contribution in [0.15, 0.2) is 163 Å². The number of hydrogen-bond acceptors (Lipinski definition) is 0. The molecule has 0 atom stereocenters. The smallest absolute Gasteiger partial charge is 0.00882 e. The fraction of sp³-hybridized carbons (Fsp3) is 0.200. The van der Waals surface area contributed by atoms with E-state index >= 15 is 0 Å². The van der Waals surface area contributed by atoms with Crippen molar-refractivity contribution in [3.05, 3.63) is 206 Å². The zero-order valence-corrected chi connectivity index (χ0v) is 29.4. The second kappa shape index (κ2) is 19.1. The van der Waals surface area contributed by atoms with E-state index in [0.717, 1.165) is 51.4 Å². The van der Waals surface area contributed by atoms with Gasteiger partial charge in [-0.05, 0) is 125 Å². The third kappa shape index (κ3) is 10.4. The van der Waals surface area contributed by atoms with Crippen LogP contribution in [0.2, 0.25) is 0 Å². The summed E-state index contributed by atoms with van der Waals surface area (Å²) in [5, 5.41) is 5.58. The molecule has 8 aliphatic rings. The lowest BCUT2D eigenvalue weighted by Gasteiger charge is -2.13. The third-order valence-electron chi connectivity index (χ3n) is 9.48. The Morgan fingerprint density at radius 1 is 0.320 bits per heavy atom. The highest BCUT2D eigenvalue weighted by Gasteiger charge is 2.06. The average Bonchev–Trinajstić information content (AvgIpc) is 3.21. The minimum absolute atomic E-state index is 1.07. The second-order valence-electron chi connectivity index (χ2n) is 13.2. The van der Waals surface area contributed by atoms with Crippen molar-refractivity contribution in [2.24, 2.45) is 0 Å². The van der Waals surface area contributed by atoms with Gasteiger partial charge >= 0.3 is 0 Å². The molecule has 0 amide bonds. The molecule has 0 saturated heterocycles. The second-order valence-corrected chi connectivity index (χ2v) is 13.2.